The van der Waals surface area contributed by atoms with Crippen LogP contribution in [0.25, 0.3) is 22.5 Å². The number of hydrogen-bond donors (Lipinski definition) is 2. The van der Waals surface area contributed by atoms with Crippen LogP contribution in [-0.4, -0.2) is 84.6 Å². The number of hydrogen-bond acceptors (Lipinski definition) is 19. The molecule has 0 saturated heterocycles. The zero-order valence-corrected chi connectivity index (χ0v) is 43.8. The minimum atomic E-state index is -4.67. The second kappa shape index (κ2) is 32.6. The van der Waals surface area contributed by atoms with Gasteiger partial charge in [0.1, 0.15) is 17.8 Å². The number of aryl methyl sites for hydroxylation is 2. The maximum absolute atomic E-state index is 12.2. The summed E-state index contributed by atoms with van der Waals surface area (Å²) in [5.74, 6) is -1.17. The Morgan fingerprint density at radius 1 is 0.667 bits per heavy atom. The Hall–Kier alpha value is -7.48. The Balaban J connectivity index is 0.000000503. The van der Waals surface area contributed by atoms with Crippen molar-refractivity contribution in [2.75, 3.05) is 13.2 Å². The molecule has 75 heavy (non-hydrogen) atoms. The molecule has 2 heterocycles. The molecule has 7 aromatic rings. The predicted octanol–water partition coefficient (Wildman–Crippen LogP) is 5.91. The quantitative estimate of drug-likeness (QED) is 0.0203. The van der Waals surface area contributed by atoms with E-state index >= 15 is 0 Å². The second-order valence-electron chi connectivity index (χ2n) is 14.0. The topological polar surface area (TPSA) is 370 Å². The average molecular weight is 1160 g/mol. The SMILES string of the molecule is CCOC(=O)CC(=O)c1ccccc1.CCOC(=O)c1oc(CC)nc1-c1ccccc1.CCc1nc(-c2ccccc2)c(C(=O)O)o1.O.O=[N+]([O-])c1ccc(S(=O)(=O)OI(O)c2ccccc2)c([N+](=O)[O-])c1.[Li+].[OH-]. The van der Waals surface area contributed by atoms with Gasteiger partial charge in [-0.15, -0.1) is 0 Å². The number of halogens is 1. The molecule has 26 heteroatoms. The van der Waals surface area contributed by atoms with Gasteiger partial charge in [-0.05, 0) is 13.8 Å². The van der Waals surface area contributed by atoms with Gasteiger partial charge in [0.2, 0.25) is 11.5 Å². The van der Waals surface area contributed by atoms with Crippen LogP contribution in [0.5, 0.6) is 0 Å². The number of rotatable bonds is 17. The zero-order valence-electron chi connectivity index (χ0n) is 40.9. The first kappa shape index (κ1) is 65.5. The molecule has 0 aliphatic rings. The summed E-state index contributed by atoms with van der Waals surface area (Å²) in [5, 5.41) is 30.7. The van der Waals surface area contributed by atoms with Crippen LogP contribution in [-0.2, 0) is 39.7 Å². The number of aromatic nitrogens is 2. The van der Waals surface area contributed by atoms with E-state index in [0.717, 1.165) is 17.2 Å². The van der Waals surface area contributed by atoms with Crippen molar-refractivity contribution < 1.29 is 96.6 Å². The summed E-state index contributed by atoms with van der Waals surface area (Å²) in [6.45, 7) is 7.89. The number of aromatic carboxylic acids is 1. The van der Waals surface area contributed by atoms with Crippen LogP contribution in [0.3, 0.4) is 0 Å². The zero-order chi connectivity index (χ0) is 52.8. The molecule has 23 nitrogen and oxygen atoms in total. The number of carboxylic acids is 1. The number of nitro groups is 2. The number of carboxylic acid groups (broad SMARTS) is 1. The molecule has 0 amide bonds. The molecule has 0 fully saturated rings. The number of non-ortho nitro benzene ring substituents is 1. The minimum absolute atomic E-state index is 0. The van der Waals surface area contributed by atoms with Gasteiger partial charge in [-0.2, -0.15) is 0 Å². The number of nitro benzene ring substituents is 2. The molecule has 0 aliphatic carbocycles. The summed E-state index contributed by atoms with van der Waals surface area (Å²) in [6, 6.07) is 37.1. The van der Waals surface area contributed by atoms with Crippen LogP contribution in [0.1, 0.15) is 77.4 Å². The van der Waals surface area contributed by atoms with Crippen molar-refractivity contribution in [2.24, 2.45) is 0 Å². The van der Waals surface area contributed by atoms with E-state index in [4.69, 9.17) is 21.2 Å². The first-order chi connectivity index (χ1) is 34.4. The molecule has 0 radical (unpaired) electrons. The van der Waals surface area contributed by atoms with Crippen LogP contribution < -0.4 is 18.9 Å². The Morgan fingerprint density at radius 3 is 1.56 bits per heavy atom. The normalized spacial score (nSPS) is 10.2. The molecular formula is C49H50ILiN4O19S. The van der Waals surface area contributed by atoms with Gasteiger partial charge in [0, 0.05) is 29.5 Å². The number of oxazole rings is 2. The van der Waals surface area contributed by atoms with Crippen molar-refractivity contribution in [1.82, 2.24) is 9.97 Å². The van der Waals surface area contributed by atoms with Crippen molar-refractivity contribution in [3.05, 3.63) is 192 Å². The fraction of sp³-hybridized carbons (Fsp3) is 0.184. The van der Waals surface area contributed by atoms with E-state index in [-0.39, 0.29) is 57.1 Å². The Kier molecular flexibility index (Phi) is 28.5. The summed E-state index contributed by atoms with van der Waals surface area (Å²) in [7, 11) is -4.67. The summed E-state index contributed by atoms with van der Waals surface area (Å²) in [5.41, 5.74) is 1.45. The summed E-state index contributed by atoms with van der Waals surface area (Å²) in [6.07, 6.45) is 1.03. The molecule has 394 valence electrons. The molecule has 0 unspecified atom stereocenters. The number of Topliss-reactive ketones (excluding diaryl/α,β-unsaturated/α-hetero) is 1. The van der Waals surface area contributed by atoms with E-state index in [1.165, 1.54) is 12.1 Å². The third-order valence-electron chi connectivity index (χ3n) is 9.09. The smallest absolute Gasteiger partial charge is 0.870 e. The summed E-state index contributed by atoms with van der Waals surface area (Å²) < 4.78 is 59.6. The van der Waals surface area contributed by atoms with Gasteiger partial charge < -0.3 is 34.4 Å². The van der Waals surface area contributed by atoms with Gasteiger partial charge in [0.15, 0.2) is 17.6 Å². The average Bonchev–Trinajstić information content (AvgIpc) is 4.04. The summed E-state index contributed by atoms with van der Waals surface area (Å²) >= 11 is -3.58. The number of ether oxygens (including phenoxy) is 2. The van der Waals surface area contributed by atoms with Gasteiger partial charge in [-0.3, -0.25) is 9.59 Å². The number of ketones is 1. The number of carbonyl (C=O) groups excluding carboxylic acids is 3. The van der Waals surface area contributed by atoms with E-state index in [2.05, 4.69) is 14.7 Å². The Labute approximate surface area is 449 Å². The van der Waals surface area contributed by atoms with Crippen molar-refractivity contribution in [3.63, 3.8) is 0 Å². The third-order valence-corrected chi connectivity index (χ3v) is 14.5. The van der Waals surface area contributed by atoms with Crippen LogP contribution in [0, 0.1) is 23.8 Å². The second-order valence-corrected chi connectivity index (χ2v) is 19.1. The van der Waals surface area contributed by atoms with Crippen molar-refractivity contribution in [3.8, 4) is 22.5 Å². The fourth-order valence-electron chi connectivity index (χ4n) is 5.81. The molecule has 0 atom stereocenters. The number of carbonyl (C=O) groups is 4. The van der Waals surface area contributed by atoms with Crippen LogP contribution in [0.4, 0.5) is 11.4 Å². The third kappa shape index (κ3) is 19.7. The fourth-order valence-corrected chi connectivity index (χ4v) is 10.3. The maximum Gasteiger partial charge on any atom is 1.00 e. The van der Waals surface area contributed by atoms with Crippen molar-refractivity contribution >= 4 is 65.8 Å². The summed E-state index contributed by atoms with van der Waals surface area (Å²) in [4.78, 5) is 72.6. The van der Waals surface area contributed by atoms with E-state index < -0.39 is 74.8 Å². The van der Waals surface area contributed by atoms with E-state index in [1.54, 1.807) is 56.3 Å². The van der Waals surface area contributed by atoms with Crippen molar-refractivity contribution in [1.29, 1.82) is 0 Å². The largest absolute Gasteiger partial charge is 1.00 e. The first-order valence-corrected chi connectivity index (χ1v) is 25.8. The molecule has 0 bridgehead atoms. The Morgan fingerprint density at radius 2 is 1.12 bits per heavy atom. The standard InChI is InChI=1S/C14H15NO3.C12H9IN2O8S.C12H11NO3.C11H12O3.Li.2H2O/c1-3-11-15-12(10-8-6-5-7-9-10)13(18-11)14(16)17-4-2;16-13(9-4-2-1-3-5-9)23-24(21,22)12-7-6-10(14(17)18)8-11(12)15(19)20;1-2-9-13-10(11(16-9)12(14)15)8-6-4-3-5-7-8;1-2-14-11(13)8-10(12)9-6-4-3-5-7-9;;;/h5-9H,3-4H2,1-2H3;1-8,16H;3-7H,2H2,1H3,(H,14,15);3-7H,2,8H2,1H3;;2*1H2/q;;;;+1;;/p-1. The van der Waals surface area contributed by atoms with Gasteiger partial charge in [-0.25, -0.2) is 19.6 Å². The molecule has 0 spiro atoms. The molecule has 0 saturated carbocycles. The molecule has 5 aromatic carbocycles. The monoisotopic (exact) mass is 1160 g/mol. The molecule has 0 aliphatic heterocycles. The molecule has 7 rings (SSSR count). The van der Waals surface area contributed by atoms with Crippen LogP contribution >= 0.6 is 20.6 Å². The maximum atomic E-state index is 12.2. The van der Waals surface area contributed by atoms with E-state index in [9.17, 15) is 51.3 Å². The Bertz CT molecular complexity index is 3060. The molecule has 2 aromatic heterocycles. The molecular weight excluding hydrogens is 1110 g/mol. The minimum Gasteiger partial charge on any atom is -0.870 e. The number of benzene rings is 5. The van der Waals surface area contributed by atoms with Gasteiger partial charge in [0.05, 0.1) is 13.2 Å². The number of esters is 2. The van der Waals surface area contributed by atoms with Gasteiger partial charge in [0.25, 0.3) is 0 Å². The van der Waals surface area contributed by atoms with E-state index in [0.29, 0.717) is 66.9 Å². The van der Waals surface area contributed by atoms with Crippen LogP contribution in [0.2, 0.25) is 0 Å². The van der Waals surface area contributed by atoms with Crippen LogP contribution in [0.15, 0.2) is 153 Å². The first-order valence-electron chi connectivity index (χ1n) is 21.5. The number of nitrogens with zero attached hydrogens (tertiary/aromatic N) is 4. The van der Waals surface area contributed by atoms with Gasteiger partial charge >= 0.3 is 180 Å². The molecule has 5 N–H and O–H groups in total. The van der Waals surface area contributed by atoms with E-state index in [1.807, 2.05) is 80.6 Å². The van der Waals surface area contributed by atoms with Gasteiger partial charge in [-0.1, -0.05) is 105 Å². The predicted molar refractivity (Wildman–Crippen MR) is 273 cm³/mol. The van der Waals surface area contributed by atoms with Crippen molar-refractivity contribution in [2.45, 2.75) is 51.9 Å².